The van der Waals surface area contributed by atoms with Crippen LogP contribution in [0.3, 0.4) is 0 Å². The van der Waals surface area contributed by atoms with Gasteiger partial charge in [-0.1, -0.05) is 0 Å². The minimum atomic E-state index is 0. The number of nitrogens with one attached hydrogen (secondary N) is 1. The van der Waals surface area contributed by atoms with Crippen LogP contribution in [0.5, 0.6) is 11.5 Å². The maximum absolute atomic E-state index is 6.28. The molecule has 0 radical (unpaired) electrons. The van der Waals surface area contributed by atoms with Crippen LogP contribution in [0.4, 0.5) is 0 Å². The van der Waals surface area contributed by atoms with Gasteiger partial charge in [-0.25, -0.2) is 4.98 Å². The van der Waals surface area contributed by atoms with Crippen LogP contribution in [0.25, 0.3) is 0 Å². The summed E-state index contributed by atoms with van der Waals surface area (Å²) in [7, 11) is 7.32. The van der Waals surface area contributed by atoms with E-state index >= 15 is 0 Å². The molecule has 1 aliphatic rings. The Hall–Kier alpha value is -2.04. The maximum Gasteiger partial charge on any atom is 0.194 e. The number of aliphatic imine (C=N–C) groups is 1. The van der Waals surface area contributed by atoms with E-state index < -0.39 is 0 Å². The van der Waals surface area contributed by atoms with Gasteiger partial charge in [0.05, 0.1) is 19.8 Å². The third-order valence-corrected chi connectivity index (χ3v) is 5.06. The number of ether oxygens (including phenoxy) is 2. The van der Waals surface area contributed by atoms with Crippen LogP contribution in [-0.2, 0) is 20.1 Å². The third kappa shape index (κ3) is 6.22. The van der Waals surface area contributed by atoms with Crippen molar-refractivity contribution in [2.75, 3.05) is 21.2 Å². The molecule has 0 spiro atoms. The zero-order valence-corrected chi connectivity index (χ0v) is 19.9. The zero-order chi connectivity index (χ0) is 19.9. The second-order valence-electron chi connectivity index (χ2n) is 7.05. The number of methoxy groups -OCH3 is 1. The zero-order valence-electron chi connectivity index (χ0n) is 17.6. The highest BCUT2D eigenvalue weighted by Crippen LogP contribution is 2.30. The van der Waals surface area contributed by atoms with Gasteiger partial charge < -0.3 is 19.7 Å². The molecule has 1 fully saturated rings. The quantitative estimate of drug-likeness (QED) is 0.348. The van der Waals surface area contributed by atoms with Gasteiger partial charge in [0.2, 0.25) is 0 Å². The van der Waals surface area contributed by atoms with Crippen molar-refractivity contribution < 1.29 is 9.47 Å². The Bertz CT molecular complexity index is 804. The number of rotatable bonds is 7. The molecule has 29 heavy (non-hydrogen) atoms. The highest BCUT2D eigenvalue weighted by atomic mass is 127. The second-order valence-corrected chi connectivity index (χ2v) is 7.05. The van der Waals surface area contributed by atoms with Crippen LogP contribution < -0.4 is 14.8 Å². The molecule has 160 valence electrons. The first-order valence-electron chi connectivity index (χ1n) is 9.69. The summed E-state index contributed by atoms with van der Waals surface area (Å²) in [5.41, 5.74) is 1.08. The summed E-state index contributed by atoms with van der Waals surface area (Å²) < 4.78 is 13.4. The van der Waals surface area contributed by atoms with Crippen molar-refractivity contribution in [3.05, 3.63) is 35.9 Å². The van der Waals surface area contributed by atoms with E-state index in [1.165, 1.54) is 12.8 Å². The number of hydrogen-bond donors (Lipinski definition) is 1. The number of guanidine groups is 1. The summed E-state index contributed by atoms with van der Waals surface area (Å²) >= 11 is 0. The SMILES string of the molecule is CN=C(NCc1ccc(OC)cc1OC1CCCC1)N(C)Cc1ncnn1C.I. The van der Waals surface area contributed by atoms with Crippen molar-refractivity contribution in [3.8, 4) is 11.5 Å². The standard InChI is InChI=1S/C20H30N6O2.HI/c1-21-20(25(2)13-19-23-14-24-26(19)3)22-12-15-9-10-17(27-4)11-18(15)28-16-7-5-6-8-16;/h9-11,14,16H,5-8,12-13H2,1-4H3,(H,21,22);1H. The van der Waals surface area contributed by atoms with Crippen molar-refractivity contribution in [2.45, 2.75) is 44.9 Å². The van der Waals surface area contributed by atoms with Gasteiger partial charge in [-0.15, -0.1) is 24.0 Å². The van der Waals surface area contributed by atoms with E-state index in [1.54, 1.807) is 25.2 Å². The van der Waals surface area contributed by atoms with E-state index in [0.717, 1.165) is 41.7 Å². The molecular weight excluding hydrogens is 483 g/mol. The third-order valence-electron chi connectivity index (χ3n) is 5.06. The van der Waals surface area contributed by atoms with E-state index in [4.69, 9.17) is 9.47 Å². The van der Waals surface area contributed by atoms with Crippen LogP contribution in [-0.4, -0.2) is 52.9 Å². The fourth-order valence-corrected chi connectivity index (χ4v) is 3.41. The molecule has 8 nitrogen and oxygen atoms in total. The Balaban J connectivity index is 0.00000300. The van der Waals surface area contributed by atoms with E-state index in [0.29, 0.717) is 19.2 Å². The van der Waals surface area contributed by atoms with Crippen molar-refractivity contribution in [2.24, 2.45) is 12.0 Å². The van der Waals surface area contributed by atoms with Crippen LogP contribution in [0.2, 0.25) is 0 Å². The average Bonchev–Trinajstić information content (AvgIpc) is 3.35. The van der Waals surface area contributed by atoms with E-state index in [2.05, 4.69) is 20.4 Å². The molecule has 3 rings (SSSR count). The Morgan fingerprint density at radius 1 is 1.34 bits per heavy atom. The molecule has 0 atom stereocenters. The first kappa shape index (κ1) is 23.2. The number of nitrogens with zero attached hydrogens (tertiary/aromatic N) is 5. The van der Waals surface area contributed by atoms with E-state index in [9.17, 15) is 0 Å². The number of hydrogen-bond acceptors (Lipinski definition) is 5. The average molecular weight is 514 g/mol. The fraction of sp³-hybridized carbons (Fsp3) is 0.550. The lowest BCUT2D eigenvalue weighted by Gasteiger charge is -2.23. The first-order chi connectivity index (χ1) is 13.6. The van der Waals surface area contributed by atoms with Crippen molar-refractivity contribution >= 4 is 29.9 Å². The highest BCUT2D eigenvalue weighted by Gasteiger charge is 2.19. The molecule has 0 bridgehead atoms. The summed E-state index contributed by atoms with van der Waals surface area (Å²) in [6.07, 6.45) is 6.56. The summed E-state index contributed by atoms with van der Waals surface area (Å²) in [5, 5.41) is 7.53. The smallest absolute Gasteiger partial charge is 0.194 e. The first-order valence-corrected chi connectivity index (χ1v) is 9.69. The molecular formula is C20H31IN6O2. The second kappa shape index (κ2) is 11.2. The molecule has 0 unspecified atom stereocenters. The van der Waals surface area contributed by atoms with Gasteiger partial charge in [0, 0.05) is 39.3 Å². The molecule has 0 saturated heterocycles. The van der Waals surface area contributed by atoms with Gasteiger partial charge in [0.1, 0.15) is 23.7 Å². The molecule has 0 amide bonds. The lowest BCUT2D eigenvalue weighted by Crippen LogP contribution is -2.38. The van der Waals surface area contributed by atoms with Gasteiger partial charge >= 0.3 is 0 Å². The lowest BCUT2D eigenvalue weighted by molar-refractivity contribution is 0.207. The van der Waals surface area contributed by atoms with Crippen LogP contribution in [0, 0.1) is 0 Å². The fourth-order valence-electron chi connectivity index (χ4n) is 3.41. The van der Waals surface area contributed by atoms with E-state index in [1.807, 2.05) is 37.2 Å². The van der Waals surface area contributed by atoms with Crippen molar-refractivity contribution in [3.63, 3.8) is 0 Å². The molecule has 1 heterocycles. The minimum Gasteiger partial charge on any atom is -0.497 e. The Morgan fingerprint density at radius 3 is 2.72 bits per heavy atom. The lowest BCUT2D eigenvalue weighted by atomic mass is 10.2. The number of benzene rings is 1. The van der Waals surface area contributed by atoms with Gasteiger partial charge in [0.15, 0.2) is 5.96 Å². The van der Waals surface area contributed by atoms with Gasteiger partial charge in [-0.05, 0) is 37.8 Å². The normalized spacial score (nSPS) is 14.4. The van der Waals surface area contributed by atoms with Gasteiger partial charge in [0.25, 0.3) is 0 Å². The Kier molecular flexibility index (Phi) is 8.99. The van der Waals surface area contributed by atoms with E-state index in [-0.39, 0.29) is 24.0 Å². The predicted molar refractivity (Wildman–Crippen MR) is 124 cm³/mol. The summed E-state index contributed by atoms with van der Waals surface area (Å²) in [6.45, 7) is 1.23. The maximum atomic E-state index is 6.28. The molecule has 1 saturated carbocycles. The molecule has 0 aliphatic heterocycles. The van der Waals surface area contributed by atoms with Crippen LogP contribution >= 0.6 is 24.0 Å². The van der Waals surface area contributed by atoms with Crippen molar-refractivity contribution in [1.29, 1.82) is 0 Å². The van der Waals surface area contributed by atoms with Gasteiger partial charge in [-0.2, -0.15) is 5.10 Å². The monoisotopic (exact) mass is 514 g/mol. The molecule has 9 heteroatoms. The minimum absolute atomic E-state index is 0. The predicted octanol–water partition coefficient (Wildman–Crippen LogP) is 2.97. The summed E-state index contributed by atoms with van der Waals surface area (Å²) in [6, 6.07) is 5.98. The summed E-state index contributed by atoms with van der Waals surface area (Å²) in [4.78, 5) is 10.7. The Morgan fingerprint density at radius 2 is 2.10 bits per heavy atom. The van der Waals surface area contributed by atoms with Crippen LogP contribution in [0.1, 0.15) is 37.1 Å². The summed E-state index contributed by atoms with van der Waals surface area (Å²) in [5.74, 6) is 3.34. The molecule has 1 aromatic carbocycles. The number of aromatic nitrogens is 3. The highest BCUT2D eigenvalue weighted by molar-refractivity contribution is 14.0. The molecule has 2 aromatic rings. The molecule has 1 aliphatic carbocycles. The molecule has 1 N–H and O–H groups in total. The van der Waals surface area contributed by atoms with Crippen LogP contribution in [0.15, 0.2) is 29.5 Å². The molecule has 1 aromatic heterocycles. The van der Waals surface area contributed by atoms with Gasteiger partial charge in [-0.3, -0.25) is 9.67 Å². The Labute approximate surface area is 189 Å². The number of halogens is 1. The topological polar surface area (TPSA) is 76.8 Å². The van der Waals surface area contributed by atoms with Crippen molar-refractivity contribution in [1.82, 2.24) is 25.0 Å². The largest absolute Gasteiger partial charge is 0.497 e. The number of aryl methyl sites for hydroxylation is 1.